The largest absolute Gasteiger partial charge is 0.502 e. The fourth-order valence-corrected chi connectivity index (χ4v) is 2.62. The molecule has 0 bridgehead atoms. The van der Waals surface area contributed by atoms with Crippen LogP contribution in [0.15, 0.2) is 47.7 Å². The summed E-state index contributed by atoms with van der Waals surface area (Å²) < 4.78 is 0. The van der Waals surface area contributed by atoms with E-state index in [4.69, 9.17) is 23.2 Å². The molecule has 126 valence electrons. The number of nitro groups is 1. The van der Waals surface area contributed by atoms with Crippen molar-refractivity contribution in [1.29, 1.82) is 0 Å². The standard InChI is InChI=1S/C16H10Cl2N4O3/c17-10-1-2-12-13(3-4-19-14(12)6-10)21-20-8-9-5-11(18)7-15(16(9)23)22(24)25/h1-8,23H,(H,19,21). The highest BCUT2D eigenvalue weighted by Gasteiger charge is 2.17. The van der Waals surface area contributed by atoms with Crippen molar-refractivity contribution in [2.75, 3.05) is 5.43 Å². The van der Waals surface area contributed by atoms with Gasteiger partial charge in [-0.15, -0.1) is 0 Å². The van der Waals surface area contributed by atoms with Crippen LogP contribution in [0.1, 0.15) is 5.56 Å². The highest BCUT2D eigenvalue weighted by Crippen LogP contribution is 2.32. The van der Waals surface area contributed by atoms with E-state index in [9.17, 15) is 15.2 Å². The highest BCUT2D eigenvalue weighted by molar-refractivity contribution is 6.31. The number of nitrogens with one attached hydrogen (secondary N) is 1. The van der Waals surface area contributed by atoms with Gasteiger partial charge in [0, 0.05) is 33.3 Å². The number of pyridine rings is 1. The molecule has 0 aliphatic heterocycles. The number of aromatic nitrogens is 1. The third-order valence-electron chi connectivity index (χ3n) is 3.37. The Labute approximate surface area is 151 Å². The topological polar surface area (TPSA) is 101 Å². The van der Waals surface area contributed by atoms with E-state index < -0.39 is 16.4 Å². The Balaban J connectivity index is 1.91. The van der Waals surface area contributed by atoms with E-state index in [1.54, 1.807) is 30.5 Å². The van der Waals surface area contributed by atoms with Crippen molar-refractivity contribution in [3.8, 4) is 5.75 Å². The van der Waals surface area contributed by atoms with Crippen LogP contribution in [0, 0.1) is 10.1 Å². The van der Waals surface area contributed by atoms with Gasteiger partial charge in [0.2, 0.25) is 5.75 Å². The molecule has 1 aromatic heterocycles. The minimum Gasteiger partial charge on any atom is -0.502 e. The molecule has 1 heterocycles. The summed E-state index contributed by atoms with van der Waals surface area (Å²) in [5.74, 6) is -0.508. The van der Waals surface area contributed by atoms with Gasteiger partial charge >= 0.3 is 5.69 Å². The molecule has 3 aromatic rings. The van der Waals surface area contributed by atoms with E-state index in [0.29, 0.717) is 16.2 Å². The summed E-state index contributed by atoms with van der Waals surface area (Å²) in [4.78, 5) is 14.4. The van der Waals surface area contributed by atoms with E-state index in [2.05, 4.69) is 15.5 Å². The number of benzene rings is 2. The van der Waals surface area contributed by atoms with E-state index in [0.717, 1.165) is 11.5 Å². The Morgan fingerprint density at radius 3 is 2.76 bits per heavy atom. The second-order valence-electron chi connectivity index (χ2n) is 5.01. The average molecular weight is 377 g/mol. The van der Waals surface area contributed by atoms with Gasteiger partial charge in [-0.05, 0) is 30.3 Å². The zero-order chi connectivity index (χ0) is 18.0. The minimum atomic E-state index is -0.716. The number of hydrazone groups is 1. The van der Waals surface area contributed by atoms with E-state index >= 15 is 0 Å². The van der Waals surface area contributed by atoms with Crippen LogP contribution in [0.3, 0.4) is 0 Å². The number of nitro benzene ring substituents is 1. The summed E-state index contributed by atoms with van der Waals surface area (Å²) in [7, 11) is 0. The van der Waals surface area contributed by atoms with Crippen LogP contribution in [0.25, 0.3) is 10.9 Å². The fraction of sp³-hybridized carbons (Fsp3) is 0. The van der Waals surface area contributed by atoms with Crippen molar-refractivity contribution in [2.45, 2.75) is 0 Å². The molecule has 0 unspecified atom stereocenters. The SMILES string of the molecule is O=[N+]([O-])c1cc(Cl)cc(C=NNc2ccnc3cc(Cl)ccc23)c1O. The first-order valence-corrected chi connectivity index (χ1v) is 7.71. The van der Waals surface area contributed by atoms with Gasteiger partial charge < -0.3 is 5.11 Å². The van der Waals surface area contributed by atoms with Gasteiger partial charge in [-0.3, -0.25) is 20.5 Å². The van der Waals surface area contributed by atoms with Crippen LogP contribution in [-0.2, 0) is 0 Å². The van der Waals surface area contributed by atoms with Crippen LogP contribution >= 0.6 is 23.2 Å². The number of rotatable bonds is 4. The molecule has 0 radical (unpaired) electrons. The van der Waals surface area contributed by atoms with Gasteiger partial charge in [0.25, 0.3) is 0 Å². The van der Waals surface area contributed by atoms with Crippen LogP contribution < -0.4 is 5.43 Å². The first-order valence-electron chi connectivity index (χ1n) is 6.96. The maximum Gasteiger partial charge on any atom is 0.312 e. The highest BCUT2D eigenvalue weighted by atomic mass is 35.5. The van der Waals surface area contributed by atoms with Gasteiger partial charge in [-0.1, -0.05) is 23.2 Å². The van der Waals surface area contributed by atoms with E-state index in [-0.39, 0.29) is 10.6 Å². The lowest BCUT2D eigenvalue weighted by Crippen LogP contribution is -1.95. The molecule has 0 amide bonds. The summed E-state index contributed by atoms with van der Waals surface area (Å²) in [5.41, 5.74) is 3.79. The molecule has 0 aliphatic carbocycles. The monoisotopic (exact) mass is 376 g/mol. The van der Waals surface area contributed by atoms with Crippen molar-refractivity contribution >= 4 is 51.7 Å². The predicted octanol–water partition coefficient (Wildman–Crippen LogP) is 4.60. The molecule has 7 nitrogen and oxygen atoms in total. The molecular formula is C16H10Cl2N4O3. The summed E-state index contributed by atoms with van der Waals surface area (Å²) in [6.07, 6.45) is 2.84. The first-order chi connectivity index (χ1) is 12.0. The number of hydrogen-bond donors (Lipinski definition) is 2. The molecule has 0 saturated carbocycles. The molecule has 2 aromatic carbocycles. The minimum absolute atomic E-state index is 0.119. The summed E-state index contributed by atoms with van der Waals surface area (Å²) in [5, 5.41) is 26.3. The smallest absolute Gasteiger partial charge is 0.312 e. The zero-order valence-corrected chi connectivity index (χ0v) is 14.0. The molecule has 9 heteroatoms. The van der Waals surface area contributed by atoms with Gasteiger partial charge in [-0.25, -0.2) is 0 Å². The molecule has 0 atom stereocenters. The number of fused-ring (bicyclic) bond motifs is 1. The number of halogens is 2. The van der Waals surface area contributed by atoms with Crippen LogP contribution in [0.5, 0.6) is 5.75 Å². The number of phenols is 1. The Bertz CT molecular complexity index is 1010. The fourth-order valence-electron chi connectivity index (χ4n) is 2.23. The van der Waals surface area contributed by atoms with Crippen molar-refractivity contribution in [3.05, 3.63) is 68.3 Å². The lowest BCUT2D eigenvalue weighted by molar-refractivity contribution is -0.385. The third-order valence-corrected chi connectivity index (χ3v) is 3.83. The first kappa shape index (κ1) is 16.9. The molecule has 3 rings (SSSR count). The Morgan fingerprint density at radius 1 is 1.20 bits per heavy atom. The Hall–Kier alpha value is -2.90. The second-order valence-corrected chi connectivity index (χ2v) is 5.88. The lowest BCUT2D eigenvalue weighted by atomic mass is 10.2. The molecule has 0 fully saturated rings. The summed E-state index contributed by atoms with van der Waals surface area (Å²) in [6, 6.07) is 9.41. The number of phenolic OH excluding ortho intramolecular Hbond substituents is 1. The van der Waals surface area contributed by atoms with Crippen LogP contribution in [-0.4, -0.2) is 21.2 Å². The van der Waals surface area contributed by atoms with Crippen molar-refractivity contribution in [2.24, 2.45) is 5.10 Å². The average Bonchev–Trinajstić information content (AvgIpc) is 2.57. The van der Waals surface area contributed by atoms with E-state index in [1.807, 2.05) is 0 Å². The van der Waals surface area contributed by atoms with Crippen molar-refractivity contribution in [3.63, 3.8) is 0 Å². The van der Waals surface area contributed by atoms with Crippen LogP contribution in [0.4, 0.5) is 11.4 Å². The molecule has 2 N–H and O–H groups in total. The molecule has 0 spiro atoms. The Morgan fingerprint density at radius 2 is 2.00 bits per heavy atom. The number of aromatic hydroxyl groups is 1. The lowest BCUT2D eigenvalue weighted by Gasteiger charge is -2.06. The normalized spacial score (nSPS) is 11.1. The molecular weight excluding hydrogens is 367 g/mol. The zero-order valence-electron chi connectivity index (χ0n) is 12.5. The van der Waals surface area contributed by atoms with Crippen LogP contribution in [0.2, 0.25) is 10.0 Å². The third kappa shape index (κ3) is 3.62. The maximum absolute atomic E-state index is 10.9. The van der Waals surface area contributed by atoms with Gasteiger partial charge in [0.05, 0.1) is 22.3 Å². The maximum atomic E-state index is 10.9. The van der Waals surface area contributed by atoms with Crippen molar-refractivity contribution < 1.29 is 10.0 Å². The summed E-state index contributed by atoms with van der Waals surface area (Å²) in [6.45, 7) is 0. The summed E-state index contributed by atoms with van der Waals surface area (Å²) >= 11 is 11.8. The van der Waals surface area contributed by atoms with Gasteiger partial charge in [-0.2, -0.15) is 5.10 Å². The predicted molar refractivity (Wildman–Crippen MR) is 97.7 cm³/mol. The Kier molecular flexibility index (Phi) is 4.69. The van der Waals surface area contributed by atoms with Gasteiger partial charge in [0.1, 0.15) is 0 Å². The molecule has 25 heavy (non-hydrogen) atoms. The second kappa shape index (κ2) is 6.92. The van der Waals surface area contributed by atoms with E-state index in [1.165, 1.54) is 12.3 Å². The number of hydrogen-bond acceptors (Lipinski definition) is 6. The number of nitrogens with zero attached hydrogens (tertiary/aromatic N) is 3. The van der Waals surface area contributed by atoms with Gasteiger partial charge in [0.15, 0.2) is 0 Å². The number of anilines is 1. The quantitative estimate of drug-likeness (QED) is 0.393. The molecule has 0 saturated heterocycles. The van der Waals surface area contributed by atoms with Crippen molar-refractivity contribution in [1.82, 2.24) is 4.98 Å². The molecule has 0 aliphatic rings.